The van der Waals surface area contributed by atoms with Crippen LogP contribution in [0.5, 0.6) is 0 Å². The maximum atomic E-state index is 12.5. The summed E-state index contributed by atoms with van der Waals surface area (Å²) in [6.07, 6.45) is 1.42. The first-order valence-electron chi connectivity index (χ1n) is 6.82. The van der Waals surface area contributed by atoms with E-state index in [-0.39, 0.29) is 18.1 Å². The number of aromatic amines is 1. The average molecular weight is 306 g/mol. The second-order valence-electron chi connectivity index (χ2n) is 5.15. The molecular weight excluding hydrogens is 290 g/mol. The zero-order chi connectivity index (χ0) is 14.8. The molecule has 110 valence electrons. The van der Waals surface area contributed by atoms with E-state index in [1.54, 1.807) is 12.3 Å². The lowest BCUT2D eigenvalue weighted by Gasteiger charge is -2.38. The van der Waals surface area contributed by atoms with E-state index >= 15 is 0 Å². The maximum Gasteiger partial charge on any atom is 0.272 e. The summed E-state index contributed by atoms with van der Waals surface area (Å²) in [5, 5.41) is 7.21. The third-order valence-corrected chi connectivity index (χ3v) is 3.88. The van der Waals surface area contributed by atoms with Crippen molar-refractivity contribution in [1.82, 2.24) is 15.1 Å². The average Bonchev–Trinajstić information content (AvgIpc) is 3.01. The van der Waals surface area contributed by atoms with Crippen LogP contribution in [-0.2, 0) is 4.74 Å². The predicted octanol–water partition coefficient (Wildman–Crippen LogP) is 2.67. The SMILES string of the molecule is C[C@H]1CO[C@H](c2cccc(Cl)c2)CN1C(=O)c1ccn[nH]1. The van der Waals surface area contributed by atoms with Gasteiger partial charge in [0.15, 0.2) is 0 Å². The van der Waals surface area contributed by atoms with Gasteiger partial charge in [0.05, 0.1) is 19.2 Å². The zero-order valence-corrected chi connectivity index (χ0v) is 12.4. The number of carbonyl (C=O) groups excluding carboxylic acids is 1. The van der Waals surface area contributed by atoms with Crippen molar-refractivity contribution >= 4 is 17.5 Å². The van der Waals surface area contributed by atoms with Gasteiger partial charge in [-0.05, 0) is 30.7 Å². The molecule has 2 aromatic rings. The lowest BCUT2D eigenvalue weighted by atomic mass is 10.1. The smallest absolute Gasteiger partial charge is 0.272 e. The van der Waals surface area contributed by atoms with Gasteiger partial charge in [0.25, 0.3) is 5.91 Å². The molecule has 0 unspecified atom stereocenters. The van der Waals surface area contributed by atoms with Crippen LogP contribution in [0.15, 0.2) is 36.5 Å². The first kappa shape index (κ1) is 14.1. The Morgan fingerprint density at radius 3 is 3.05 bits per heavy atom. The second kappa shape index (κ2) is 5.87. The maximum absolute atomic E-state index is 12.5. The van der Waals surface area contributed by atoms with Crippen LogP contribution in [0.4, 0.5) is 0 Å². The number of hydrogen-bond donors (Lipinski definition) is 1. The van der Waals surface area contributed by atoms with E-state index in [9.17, 15) is 4.79 Å². The van der Waals surface area contributed by atoms with Crippen molar-refractivity contribution in [3.05, 3.63) is 52.8 Å². The molecule has 6 heteroatoms. The number of aromatic nitrogens is 2. The summed E-state index contributed by atoms with van der Waals surface area (Å²) in [7, 11) is 0. The third-order valence-electron chi connectivity index (χ3n) is 3.65. The quantitative estimate of drug-likeness (QED) is 0.928. The minimum Gasteiger partial charge on any atom is -0.370 e. The molecule has 1 aromatic carbocycles. The summed E-state index contributed by atoms with van der Waals surface area (Å²) in [6, 6.07) is 9.26. The van der Waals surface area contributed by atoms with Gasteiger partial charge in [-0.2, -0.15) is 5.10 Å². The van der Waals surface area contributed by atoms with Gasteiger partial charge in [0, 0.05) is 11.2 Å². The normalized spacial score (nSPS) is 22.3. The fourth-order valence-corrected chi connectivity index (χ4v) is 2.68. The van der Waals surface area contributed by atoms with Gasteiger partial charge in [-0.15, -0.1) is 0 Å². The predicted molar refractivity (Wildman–Crippen MR) is 79.2 cm³/mol. The molecule has 1 amide bonds. The number of rotatable bonds is 2. The Morgan fingerprint density at radius 1 is 1.48 bits per heavy atom. The number of morpholine rings is 1. The number of benzene rings is 1. The summed E-state index contributed by atoms with van der Waals surface area (Å²) in [5.74, 6) is -0.0599. The fourth-order valence-electron chi connectivity index (χ4n) is 2.48. The molecule has 2 atom stereocenters. The highest BCUT2D eigenvalue weighted by Gasteiger charge is 2.31. The van der Waals surface area contributed by atoms with E-state index in [2.05, 4.69) is 10.2 Å². The van der Waals surface area contributed by atoms with Crippen LogP contribution in [0.25, 0.3) is 0 Å². The highest BCUT2D eigenvalue weighted by atomic mass is 35.5. The molecule has 0 bridgehead atoms. The number of ether oxygens (including phenoxy) is 1. The number of nitrogens with zero attached hydrogens (tertiary/aromatic N) is 2. The highest BCUT2D eigenvalue weighted by molar-refractivity contribution is 6.30. The van der Waals surface area contributed by atoms with Crippen molar-refractivity contribution < 1.29 is 9.53 Å². The topological polar surface area (TPSA) is 58.2 Å². The number of halogens is 1. The van der Waals surface area contributed by atoms with E-state index < -0.39 is 0 Å². The van der Waals surface area contributed by atoms with Gasteiger partial charge in [0.1, 0.15) is 11.8 Å². The molecule has 1 fully saturated rings. The third kappa shape index (κ3) is 2.94. The number of amides is 1. The van der Waals surface area contributed by atoms with E-state index in [1.807, 2.05) is 36.1 Å². The van der Waals surface area contributed by atoms with Crippen LogP contribution in [-0.4, -0.2) is 40.2 Å². The molecule has 2 heterocycles. The van der Waals surface area contributed by atoms with Gasteiger partial charge in [-0.1, -0.05) is 23.7 Å². The van der Waals surface area contributed by atoms with Crippen molar-refractivity contribution in [2.24, 2.45) is 0 Å². The first-order valence-corrected chi connectivity index (χ1v) is 7.20. The molecule has 0 spiro atoms. The summed E-state index contributed by atoms with van der Waals surface area (Å²) >= 11 is 6.02. The molecule has 5 nitrogen and oxygen atoms in total. The Morgan fingerprint density at radius 2 is 2.33 bits per heavy atom. The van der Waals surface area contributed by atoms with Gasteiger partial charge in [-0.3, -0.25) is 9.89 Å². The largest absolute Gasteiger partial charge is 0.370 e. The molecule has 1 saturated heterocycles. The van der Waals surface area contributed by atoms with Crippen LogP contribution in [0.2, 0.25) is 5.02 Å². The van der Waals surface area contributed by atoms with Crippen molar-refractivity contribution in [2.75, 3.05) is 13.2 Å². The Hall–Kier alpha value is -1.85. The summed E-state index contributed by atoms with van der Waals surface area (Å²) in [6.45, 7) is 2.97. The van der Waals surface area contributed by atoms with Gasteiger partial charge < -0.3 is 9.64 Å². The lowest BCUT2D eigenvalue weighted by molar-refractivity contribution is -0.0488. The minimum atomic E-state index is -0.160. The molecule has 21 heavy (non-hydrogen) atoms. The molecule has 1 aromatic heterocycles. The first-order chi connectivity index (χ1) is 10.1. The fraction of sp³-hybridized carbons (Fsp3) is 0.333. The van der Waals surface area contributed by atoms with Gasteiger partial charge in [0.2, 0.25) is 0 Å². The molecule has 0 aliphatic carbocycles. The Kier molecular flexibility index (Phi) is 3.94. The van der Waals surface area contributed by atoms with Crippen molar-refractivity contribution in [3.63, 3.8) is 0 Å². The molecule has 1 aliphatic rings. The summed E-state index contributed by atoms with van der Waals surface area (Å²) in [4.78, 5) is 14.3. The highest BCUT2D eigenvalue weighted by Crippen LogP contribution is 2.27. The van der Waals surface area contributed by atoms with Crippen molar-refractivity contribution in [1.29, 1.82) is 0 Å². The standard InChI is InChI=1S/C15H16ClN3O2/c1-10-9-21-14(11-3-2-4-12(16)7-11)8-19(10)15(20)13-5-6-17-18-13/h2-7,10,14H,8-9H2,1H3,(H,17,18)/t10-,14-/m0/s1. The molecule has 3 rings (SSSR count). The Labute approximate surface area is 127 Å². The van der Waals surface area contributed by atoms with Gasteiger partial charge >= 0.3 is 0 Å². The van der Waals surface area contributed by atoms with Crippen LogP contribution in [0.1, 0.15) is 29.1 Å². The monoisotopic (exact) mass is 305 g/mol. The van der Waals surface area contributed by atoms with Crippen molar-refractivity contribution in [3.8, 4) is 0 Å². The number of hydrogen-bond acceptors (Lipinski definition) is 3. The van der Waals surface area contributed by atoms with Crippen LogP contribution < -0.4 is 0 Å². The van der Waals surface area contributed by atoms with Crippen LogP contribution in [0, 0.1) is 0 Å². The molecule has 1 N–H and O–H groups in total. The van der Waals surface area contributed by atoms with Crippen LogP contribution >= 0.6 is 11.6 Å². The summed E-state index contributed by atoms with van der Waals surface area (Å²) in [5.41, 5.74) is 1.48. The van der Waals surface area contributed by atoms with Gasteiger partial charge in [-0.25, -0.2) is 0 Å². The molecule has 1 aliphatic heterocycles. The van der Waals surface area contributed by atoms with Crippen LogP contribution in [0.3, 0.4) is 0 Å². The second-order valence-corrected chi connectivity index (χ2v) is 5.59. The Balaban J connectivity index is 1.80. The molecule has 0 radical (unpaired) electrons. The van der Waals surface area contributed by atoms with E-state index in [4.69, 9.17) is 16.3 Å². The number of carbonyl (C=O) groups is 1. The molecule has 0 saturated carbocycles. The molecular formula is C15H16ClN3O2. The number of H-pyrrole nitrogens is 1. The van der Waals surface area contributed by atoms with E-state index in [1.165, 1.54) is 0 Å². The summed E-state index contributed by atoms with van der Waals surface area (Å²) < 4.78 is 5.85. The van der Waals surface area contributed by atoms with E-state index in [0.29, 0.717) is 23.9 Å². The lowest BCUT2D eigenvalue weighted by Crippen LogP contribution is -2.48. The van der Waals surface area contributed by atoms with Crippen molar-refractivity contribution in [2.45, 2.75) is 19.1 Å². The van der Waals surface area contributed by atoms with E-state index in [0.717, 1.165) is 5.56 Å². The number of nitrogens with one attached hydrogen (secondary N) is 1. The zero-order valence-electron chi connectivity index (χ0n) is 11.6. The minimum absolute atomic E-state index is 0.0243. The Bertz CT molecular complexity index is 630.